The molecule has 7 nitrogen and oxygen atoms in total. The van der Waals surface area contributed by atoms with E-state index in [4.69, 9.17) is 28.9 Å². The second kappa shape index (κ2) is 7.66. The maximum absolute atomic E-state index is 12.6. The van der Waals surface area contributed by atoms with Crippen molar-refractivity contribution < 1.29 is 22.7 Å². The molecule has 1 heterocycles. The molecule has 156 valence electrons. The number of nitrogens with two attached hydrogens (primary N) is 1. The molecule has 3 rings (SSSR count). The molecule has 0 bridgehead atoms. The summed E-state index contributed by atoms with van der Waals surface area (Å²) < 4.78 is 41.8. The standard InChI is InChI=1S/C18H12Cl2F3N5O2/c1-17(7-24,8-28-26-14-5-12(19)13(20)6-15(14)27-28)11-4-9(30-18(21,22)23)2-3-10(11)16(25)29/h2-6H,8H2,1H3,(H2,25,29). The van der Waals surface area contributed by atoms with E-state index >= 15 is 0 Å². The summed E-state index contributed by atoms with van der Waals surface area (Å²) in [7, 11) is 0. The Morgan fingerprint density at radius 2 is 1.77 bits per heavy atom. The molecule has 12 heteroatoms. The number of nitriles is 1. The van der Waals surface area contributed by atoms with Crippen molar-refractivity contribution in [2.75, 3.05) is 0 Å². The second-order valence-corrected chi connectivity index (χ2v) is 7.36. The molecule has 2 aromatic carbocycles. The van der Waals surface area contributed by atoms with Crippen molar-refractivity contribution in [1.29, 1.82) is 5.26 Å². The van der Waals surface area contributed by atoms with Gasteiger partial charge >= 0.3 is 6.36 Å². The third kappa shape index (κ3) is 4.42. The van der Waals surface area contributed by atoms with Crippen LogP contribution >= 0.6 is 23.2 Å². The van der Waals surface area contributed by atoms with Gasteiger partial charge in [0.15, 0.2) is 0 Å². The van der Waals surface area contributed by atoms with Gasteiger partial charge in [-0.25, -0.2) is 0 Å². The zero-order chi connectivity index (χ0) is 22.3. The molecule has 1 amide bonds. The predicted octanol–water partition coefficient (Wildman–Crippen LogP) is 4.22. The minimum atomic E-state index is -4.95. The largest absolute Gasteiger partial charge is 0.573 e. The molecule has 1 unspecified atom stereocenters. The van der Waals surface area contributed by atoms with E-state index in [0.29, 0.717) is 11.0 Å². The van der Waals surface area contributed by atoms with Gasteiger partial charge in [0.2, 0.25) is 5.91 Å². The molecule has 0 aliphatic heterocycles. The highest BCUT2D eigenvalue weighted by Gasteiger charge is 2.35. The van der Waals surface area contributed by atoms with Crippen molar-refractivity contribution in [3.8, 4) is 11.8 Å². The van der Waals surface area contributed by atoms with E-state index in [1.165, 1.54) is 23.9 Å². The Kier molecular flexibility index (Phi) is 5.54. The molecule has 1 aromatic heterocycles. The van der Waals surface area contributed by atoms with Gasteiger partial charge in [-0.3, -0.25) is 4.79 Å². The van der Waals surface area contributed by atoms with E-state index in [1.807, 2.05) is 6.07 Å². The van der Waals surface area contributed by atoms with Gasteiger partial charge in [0.1, 0.15) is 22.2 Å². The van der Waals surface area contributed by atoms with E-state index in [2.05, 4.69) is 14.9 Å². The molecule has 0 aliphatic carbocycles. The highest BCUT2D eigenvalue weighted by Crippen LogP contribution is 2.34. The topological polar surface area (TPSA) is 107 Å². The number of hydrogen-bond acceptors (Lipinski definition) is 5. The molecule has 0 saturated carbocycles. The Labute approximate surface area is 177 Å². The first-order valence-electron chi connectivity index (χ1n) is 8.23. The zero-order valence-corrected chi connectivity index (χ0v) is 16.7. The van der Waals surface area contributed by atoms with Crippen molar-refractivity contribution in [3.63, 3.8) is 0 Å². The maximum atomic E-state index is 12.6. The predicted molar refractivity (Wildman–Crippen MR) is 102 cm³/mol. The van der Waals surface area contributed by atoms with Crippen LogP contribution in [-0.4, -0.2) is 27.3 Å². The fraction of sp³-hybridized carbons (Fsp3) is 0.222. The van der Waals surface area contributed by atoms with E-state index in [0.717, 1.165) is 18.2 Å². The number of fused-ring (bicyclic) bond motifs is 1. The summed E-state index contributed by atoms with van der Waals surface area (Å²) in [6, 6.07) is 7.93. The molecular formula is C18H12Cl2F3N5O2. The van der Waals surface area contributed by atoms with Crippen molar-refractivity contribution in [1.82, 2.24) is 15.0 Å². The van der Waals surface area contributed by atoms with Crippen molar-refractivity contribution in [2.24, 2.45) is 5.73 Å². The van der Waals surface area contributed by atoms with E-state index in [9.17, 15) is 23.2 Å². The first-order valence-corrected chi connectivity index (χ1v) is 8.99. The molecule has 0 fully saturated rings. The summed E-state index contributed by atoms with van der Waals surface area (Å²) in [4.78, 5) is 13.0. The lowest BCUT2D eigenvalue weighted by atomic mass is 9.81. The van der Waals surface area contributed by atoms with Crippen LogP contribution in [0.4, 0.5) is 13.2 Å². The number of hydrogen-bond donors (Lipinski definition) is 1. The number of alkyl halides is 3. The number of carbonyl (C=O) groups is 1. The monoisotopic (exact) mass is 457 g/mol. The van der Waals surface area contributed by atoms with Crippen LogP contribution in [0.1, 0.15) is 22.8 Å². The molecule has 0 radical (unpaired) electrons. The third-order valence-corrected chi connectivity index (χ3v) is 4.97. The normalized spacial score (nSPS) is 13.6. The Hall–Kier alpha value is -3.03. The lowest BCUT2D eigenvalue weighted by Gasteiger charge is -2.24. The summed E-state index contributed by atoms with van der Waals surface area (Å²) in [5.74, 6) is -1.51. The van der Waals surface area contributed by atoms with Crippen LogP contribution in [-0.2, 0) is 12.0 Å². The van der Waals surface area contributed by atoms with Crippen LogP contribution in [0, 0.1) is 11.3 Å². The Bertz CT molecular complexity index is 1150. The third-order valence-electron chi connectivity index (χ3n) is 4.25. The number of ether oxygens (including phenoxy) is 1. The SMILES string of the molecule is CC(C#N)(Cn1nc2cc(Cl)c(Cl)cc2n1)c1cc(OC(F)(F)F)ccc1C(N)=O. The number of nitrogens with zero attached hydrogens (tertiary/aromatic N) is 4. The lowest BCUT2D eigenvalue weighted by molar-refractivity contribution is -0.274. The summed E-state index contributed by atoms with van der Waals surface area (Å²) in [6.07, 6.45) is -4.95. The molecule has 1 atom stereocenters. The smallest absolute Gasteiger partial charge is 0.406 e. The first-order chi connectivity index (χ1) is 13.9. The van der Waals surface area contributed by atoms with Gasteiger partial charge in [-0.2, -0.15) is 20.3 Å². The second-order valence-electron chi connectivity index (χ2n) is 6.55. The summed E-state index contributed by atoms with van der Waals surface area (Å²) >= 11 is 11.9. The van der Waals surface area contributed by atoms with E-state index < -0.39 is 23.4 Å². The van der Waals surface area contributed by atoms with Gasteiger partial charge in [-0.05, 0) is 42.8 Å². The van der Waals surface area contributed by atoms with Crippen LogP contribution in [0.25, 0.3) is 11.0 Å². The fourth-order valence-corrected chi connectivity index (χ4v) is 3.20. The van der Waals surface area contributed by atoms with Crippen molar-refractivity contribution in [3.05, 3.63) is 51.5 Å². The van der Waals surface area contributed by atoms with Gasteiger partial charge in [0.25, 0.3) is 0 Å². The molecule has 0 saturated heterocycles. The molecule has 0 spiro atoms. The zero-order valence-electron chi connectivity index (χ0n) is 15.2. The highest BCUT2D eigenvalue weighted by molar-refractivity contribution is 6.42. The van der Waals surface area contributed by atoms with Crippen LogP contribution < -0.4 is 10.5 Å². The summed E-state index contributed by atoms with van der Waals surface area (Å²) in [5, 5.41) is 18.8. The van der Waals surface area contributed by atoms with Gasteiger partial charge < -0.3 is 10.5 Å². The number of halogens is 5. The minimum Gasteiger partial charge on any atom is -0.406 e. The van der Waals surface area contributed by atoms with Crippen molar-refractivity contribution in [2.45, 2.75) is 25.2 Å². The highest BCUT2D eigenvalue weighted by atomic mass is 35.5. The van der Waals surface area contributed by atoms with Gasteiger partial charge in [-0.1, -0.05) is 23.2 Å². The summed E-state index contributed by atoms with van der Waals surface area (Å²) in [5.41, 5.74) is 4.43. The number of carbonyl (C=O) groups excluding carboxylic acids is 1. The van der Waals surface area contributed by atoms with E-state index in [-0.39, 0.29) is 27.7 Å². The quantitative estimate of drug-likeness (QED) is 0.617. The molecule has 30 heavy (non-hydrogen) atoms. The number of aromatic nitrogens is 3. The molecule has 0 aliphatic rings. The molecule has 2 N–H and O–H groups in total. The number of primary amides is 1. The average Bonchev–Trinajstić information content (AvgIpc) is 3.01. The van der Waals surface area contributed by atoms with Crippen LogP contribution in [0.5, 0.6) is 5.75 Å². The van der Waals surface area contributed by atoms with E-state index in [1.54, 1.807) is 0 Å². The lowest BCUT2D eigenvalue weighted by Crippen LogP contribution is -2.31. The Balaban J connectivity index is 2.07. The van der Waals surface area contributed by atoms with Crippen LogP contribution in [0.3, 0.4) is 0 Å². The number of benzene rings is 2. The molecule has 3 aromatic rings. The Morgan fingerprint density at radius 1 is 1.20 bits per heavy atom. The first kappa shape index (κ1) is 21.7. The van der Waals surface area contributed by atoms with Gasteiger partial charge in [0, 0.05) is 5.56 Å². The van der Waals surface area contributed by atoms with Crippen LogP contribution in [0.15, 0.2) is 30.3 Å². The fourth-order valence-electron chi connectivity index (χ4n) is 2.88. The summed E-state index contributed by atoms with van der Waals surface area (Å²) in [6.45, 7) is 1.21. The maximum Gasteiger partial charge on any atom is 0.573 e. The van der Waals surface area contributed by atoms with Gasteiger partial charge in [-0.15, -0.1) is 13.2 Å². The van der Waals surface area contributed by atoms with Crippen molar-refractivity contribution >= 4 is 40.1 Å². The van der Waals surface area contributed by atoms with Gasteiger partial charge in [0.05, 0.1) is 22.7 Å². The number of rotatable bonds is 5. The minimum absolute atomic E-state index is 0.0586. The molecular weight excluding hydrogens is 446 g/mol. The van der Waals surface area contributed by atoms with Crippen LogP contribution in [0.2, 0.25) is 10.0 Å². The average molecular weight is 458 g/mol. The Morgan fingerprint density at radius 3 is 2.23 bits per heavy atom. The number of amides is 1.